The van der Waals surface area contributed by atoms with Gasteiger partial charge in [-0.15, -0.1) is 5.10 Å². The Balaban J connectivity index is 1.65. The minimum absolute atomic E-state index is 0.127. The van der Waals surface area contributed by atoms with Crippen molar-refractivity contribution in [1.82, 2.24) is 19.7 Å². The van der Waals surface area contributed by atoms with Crippen molar-refractivity contribution in [2.45, 2.75) is 39.3 Å². The predicted octanol–water partition coefficient (Wildman–Crippen LogP) is 1.98. The molecule has 1 aromatic carbocycles. The average molecular weight is 365 g/mol. The quantitative estimate of drug-likeness (QED) is 0.742. The van der Waals surface area contributed by atoms with Crippen molar-refractivity contribution >= 4 is 22.6 Å². The van der Waals surface area contributed by atoms with Crippen molar-refractivity contribution in [1.29, 1.82) is 0 Å². The van der Waals surface area contributed by atoms with Gasteiger partial charge in [-0.3, -0.25) is 14.9 Å². The summed E-state index contributed by atoms with van der Waals surface area (Å²) in [6.45, 7) is 3.55. The van der Waals surface area contributed by atoms with Gasteiger partial charge in [0.25, 0.3) is 5.56 Å². The highest BCUT2D eigenvalue weighted by Crippen LogP contribution is 2.29. The predicted molar refractivity (Wildman–Crippen MR) is 99.8 cm³/mol. The number of nitrogens with zero attached hydrogens (tertiary/aromatic N) is 4. The van der Waals surface area contributed by atoms with Crippen LogP contribution in [0.3, 0.4) is 0 Å². The molecule has 0 aliphatic heterocycles. The minimum Gasteiger partial charge on any atom is -0.473 e. The number of carbonyl (C=O) groups is 1. The van der Waals surface area contributed by atoms with Crippen LogP contribution in [0.2, 0.25) is 0 Å². The van der Waals surface area contributed by atoms with E-state index in [4.69, 9.17) is 4.74 Å². The van der Waals surface area contributed by atoms with Gasteiger partial charge in [0.15, 0.2) is 0 Å². The summed E-state index contributed by atoms with van der Waals surface area (Å²) < 4.78 is 7.00. The molecular formula is C19H19N5O3. The third-order valence-electron chi connectivity index (χ3n) is 4.21. The molecule has 4 rings (SSSR count). The molecule has 0 spiro atoms. The summed E-state index contributed by atoms with van der Waals surface area (Å²) >= 11 is 0. The summed E-state index contributed by atoms with van der Waals surface area (Å²) in [5.41, 5.74) is 1.56. The zero-order valence-electron chi connectivity index (χ0n) is 15.1. The zero-order chi connectivity index (χ0) is 19.0. The maximum absolute atomic E-state index is 12.8. The van der Waals surface area contributed by atoms with Crippen LogP contribution in [0.4, 0.5) is 5.95 Å². The molecule has 138 valence electrons. The molecule has 27 heavy (non-hydrogen) atoms. The first-order chi connectivity index (χ1) is 13.0. The number of carbonyl (C=O) groups excluding carboxylic acids is 1. The van der Waals surface area contributed by atoms with Crippen LogP contribution in [0.25, 0.3) is 10.8 Å². The SMILES string of the molecule is Cc1cnc(NC(=O)Cn2nc(OC3CC3)c3cc(C)ccc3c2=O)nc1. The molecule has 1 aliphatic rings. The summed E-state index contributed by atoms with van der Waals surface area (Å²) in [5, 5.41) is 8.02. The average Bonchev–Trinajstić information content (AvgIpc) is 3.45. The Kier molecular flexibility index (Phi) is 4.31. The van der Waals surface area contributed by atoms with Crippen molar-refractivity contribution in [3.05, 3.63) is 52.1 Å². The maximum Gasteiger partial charge on any atom is 0.275 e. The van der Waals surface area contributed by atoms with Gasteiger partial charge in [-0.2, -0.15) is 0 Å². The summed E-state index contributed by atoms with van der Waals surface area (Å²) in [5.74, 6) is 0.136. The normalized spacial score (nSPS) is 13.6. The number of nitrogens with one attached hydrogen (secondary N) is 1. The van der Waals surface area contributed by atoms with Gasteiger partial charge in [-0.05, 0) is 44.4 Å². The van der Waals surface area contributed by atoms with E-state index in [1.165, 1.54) is 0 Å². The molecule has 8 heteroatoms. The number of hydrogen-bond acceptors (Lipinski definition) is 6. The molecule has 1 saturated carbocycles. The fourth-order valence-electron chi connectivity index (χ4n) is 2.66. The van der Waals surface area contributed by atoms with Crippen LogP contribution in [0.5, 0.6) is 5.88 Å². The third kappa shape index (κ3) is 3.79. The number of anilines is 1. The highest BCUT2D eigenvalue weighted by molar-refractivity contribution is 5.90. The van der Waals surface area contributed by atoms with E-state index in [9.17, 15) is 9.59 Å². The molecule has 1 aliphatic carbocycles. The maximum atomic E-state index is 12.8. The van der Waals surface area contributed by atoms with Crippen LogP contribution in [-0.2, 0) is 11.3 Å². The summed E-state index contributed by atoms with van der Waals surface area (Å²) in [6.07, 6.45) is 5.28. The van der Waals surface area contributed by atoms with Gasteiger partial charge in [0.05, 0.1) is 10.8 Å². The Bertz CT molecular complexity index is 1070. The lowest BCUT2D eigenvalue weighted by Gasteiger charge is -2.12. The van der Waals surface area contributed by atoms with Crippen LogP contribution in [0, 0.1) is 13.8 Å². The van der Waals surface area contributed by atoms with Gasteiger partial charge in [-0.1, -0.05) is 11.6 Å². The van der Waals surface area contributed by atoms with Gasteiger partial charge < -0.3 is 4.74 Å². The molecule has 1 N–H and O–H groups in total. The lowest BCUT2D eigenvalue weighted by Crippen LogP contribution is -2.30. The van der Waals surface area contributed by atoms with E-state index in [-0.39, 0.29) is 24.2 Å². The zero-order valence-corrected chi connectivity index (χ0v) is 15.1. The Labute approximate surface area is 155 Å². The second-order valence-electron chi connectivity index (χ2n) is 6.77. The van der Waals surface area contributed by atoms with Crippen LogP contribution in [0.15, 0.2) is 35.4 Å². The van der Waals surface area contributed by atoms with Crippen LogP contribution in [0.1, 0.15) is 24.0 Å². The molecule has 2 aromatic heterocycles. The Hall–Kier alpha value is -3.29. The molecule has 0 radical (unpaired) electrons. The topological polar surface area (TPSA) is 99.0 Å². The van der Waals surface area contributed by atoms with E-state index in [1.807, 2.05) is 26.0 Å². The van der Waals surface area contributed by atoms with Gasteiger partial charge >= 0.3 is 0 Å². The Morgan fingerprint density at radius 3 is 2.63 bits per heavy atom. The van der Waals surface area contributed by atoms with Crippen molar-refractivity contribution in [2.24, 2.45) is 0 Å². The minimum atomic E-state index is -0.433. The first-order valence-electron chi connectivity index (χ1n) is 8.76. The van der Waals surface area contributed by atoms with E-state index in [2.05, 4.69) is 20.4 Å². The standard InChI is InChI=1S/C19H19N5O3/c1-11-3-6-14-15(7-11)17(27-13-4-5-13)23-24(18(14)26)10-16(25)22-19-20-8-12(2)9-21-19/h3,6-9,13H,4-5,10H2,1-2H3,(H,20,21,22,25). The number of fused-ring (bicyclic) bond motifs is 1. The number of aryl methyl sites for hydroxylation is 2. The van der Waals surface area contributed by atoms with Gasteiger partial charge in [0.1, 0.15) is 12.6 Å². The van der Waals surface area contributed by atoms with Gasteiger partial charge in [0.2, 0.25) is 17.7 Å². The number of amides is 1. The van der Waals surface area contributed by atoms with Crippen LogP contribution >= 0.6 is 0 Å². The lowest BCUT2D eigenvalue weighted by molar-refractivity contribution is -0.117. The van der Waals surface area contributed by atoms with Crippen LogP contribution in [-0.4, -0.2) is 31.8 Å². The third-order valence-corrected chi connectivity index (χ3v) is 4.21. The number of rotatable bonds is 5. The molecule has 0 bridgehead atoms. The monoisotopic (exact) mass is 365 g/mol. The van der Waals surface area contributed by atoms with E-state index < -0.39 is 5.91 Å². The molecule has 0 atom stereocenters. The summed E-state index contributed by atoms with van der Waals surface area (Å²) in [7, 11) is 0. The van der Waals surface area contributed by atoms with E-state index in [1.54, 1.807) is 18.5 Å². The Morgan fingerprint density at radius 1 is 1.19 bits per heavy atom. The number of hydrogen-bond donors (Lipinski definition) is 1. The second-order valence-corrected chi connectivity index (χ2v) is 6.77. The van der Waals surface area contributed by atoms with Gasteiger partial charge in [0, 0.05) is 12.4 Å². The van der Waals surface area contributed by atoms with Crippen molar-refractivity contribution < 1.29 is 9.53 Å². The first-order valence-corrected chi connectivity index (χ1v) is 8.76. The van der Waals surface area contributed by atoms with Gasteiger partial charge in [-0.25, -0.2) is 14.6 Å². The molecule has 1 amide bonds. The summed E-state index contributed by atoms with van der Waals surface area (Å²) in [6, 6.07) is 5.48. The largest absolute Gasteiger partial charge is 0.473 e. The molecule has 0 unspecified atom stereocenters. The van der Waals surface area contributed by atoms with E-state index >= 15 is 0 Å². The highest BCUT2D eigenvalue weighted by Gasteiger charge is 2.26. The fourth-order valence-corrected chi connectivity index (χ4v) is 2.66. The number of benzene rings is 1. The smallest absolute Gasteiger partial charge is 0.275 e. The fraction of sp³-hybridized carbons (Fsp3) is 0.316. The van der Waals surface area contributed by atoms with E-state index in [0.29, 0.717) is 16.7 Å². The highest BCUT2D eigenvalue weighted by atomic mass is 16.5. The second kappa shape index (κ2) is 6.79. The molecule has 0 saturated heterocycles. The number of aromatic nitrogens is 4. The first kappa shape index (κ1) is 17.1. The van der Waals surface area contributed by atoms with E-state index in [0.717, 1.165) is 28.7 Å². The molecular weight excluding hydrogens is 346 g/mol. The van der Waals surface area contributed by atoms with Crippen molar-refractivity contribution in [3.63, 3.8) is 0 Å². The summed E-state index contributed by atoms with van der Waals surface area (Å²) in [4.78, 5) is 33.1. The van der Waals surface area contributed by atoms with Crippen LogP contribution < -0.4 is 15.6 Å². The molecule has 2 heterocycles. The molecule has 3 aromatic rings. The molecule has 1 fully saturated rings. The number of ether oxygens (including phenoxy) is 1. The van der Waals surface area contributed by atoms with Crippen molar-refractivity contribution in [2.75, 3.05) is 5.32 Å². The molecule has 8 nitrogen and oxygen atoms in total. The van der Waals surface area contributed by atoms with Crippen molar-refractivity contribution in [3.8, 4) is 5.88 Å². The lowest BCUT2D eigenvalue weighted by atomic mass is 10.1. The Morgan fingerprint density at radius 2 is 1.93 bits per heavy atom.